The van der Waals surface area contributed by atoms with Crippen LogP contribution in [0.5, 0.6) is 0 Å². The summed E-state index contributed by atoms with van der Waals surface area (Å²) in [5.74, 6) is 0.284. The molecule has 5 heteroatoms. The number of benzene rings is 1. The van der Waals surface area contributed by atoms with Gasteiger partial charge in [-0.05, 0) is 29.2 Å². The van der Waals surface area contributed by atoms with Crippen molar-refractivity contribution in [3.05, 3.63) is 34.9 Å². The monoisotopic (exact) mass is 289 g/mol. The molecule has 1 aliphatic heterocycles. The van der Waals surface area contributed by atoms with E-state index in [1.807, 2.05) is 32.0 Å². The van der Waals surface area contributed by atoms with Gasteiger partial charge in [0.15, 0.2) is 0 Å². The molecule has 1 aromatic carbocycles. The first-order valence-corrected chi connectivity index (χ1v) is 7.43. The Hall–Kier alpha value is -1.88. The first kappa shape index (κ1) is 15.5. The molecule has 0 spiro atoms. The average Bonchev–Trinajstić information content (AvgIpc) is 2.92. The summed E-state index contributed by atoms with van der Waals surface area (Å²) in [5, 5.41) is 8.87. The summed E-state index contributed by atoms with van der Waals surface area (Å²) in [6.07, 6.45) is 0.310. The molecule has 0 aromatic heterocycles. The first-order valence-electron chi connectivity index (χ1n) is 7.43. The lowest BCUT2D eigenvalue weighted by Crippen LogP contribution is -2.32. The summed E-state index contributed by atoms with van der Waals surface area (Å²) >= 11 is 0. The van der Waals surface area contributed by atoms with Gasteiger partial charge in [-0.1, -0.05) is 19.9 Å². The van der Waals surface area contributed by atoms with Gasteiger partial charge in [-0.2, -0.15) is 0 Å². The van der Waals surface area contributed by atoms with Gasteiger partial charge in [0.25, 0.3) is 5.91 Å². The van der Waals surface area contributed by atoms with Crippen LogP contribution in [0.15, 0.2) is 18.2 Å². The van der Waals surface area contributed by atoms with E-state index in [1.165, 1.54) is 11.1 Å². The van der Waals surface area contributed by atoms with Crippen LogP contribution in [-0.4, -0.2) is 24.9 Å². The van der Waals surface area contributed by atoms with Crippen LogP contribution in [-0.2, 0) is 17.9 Å². The molecule has 1 aromatic rings. The molecule has 114 valence electrons. The van der Waals surface area contributed by atoms with Crippen LogP contribution in [0.2, 0.25) is 0 Å². The summed E-state index contributed by atoms with van der Waals surface area (Å²) in [6, 6.07) is 5.74. The van der Waals surface area contributed by atoms with Crippen LogP contribution in [0.1, 0.15) is 41.8 Å². The van der Waals surface area contributed by atoms with E-state index in [9.17, 15) is 9.59 Å². The Morgan fingerprint density at radius 1 is 1.19 bits per heavy atom. The molecule has 2 amide bonds. The van der Waals surface area contributed by atoms with Crippen molar-refractivity contribution in [1.29, 1.82) is 0 Å². The van der Waals surface area contributed by atoms with Gasteiger partial charge in [-0.25, -0.2) is 0 Å². The van der Waals surface area contributed by atoms with Gasteiger partial charge in [0, 0.05) is 38.2 Å². The summed E-state index contributed by atoms with van der Waals surface area (Å²) in [7, 11) is 0. The summed E-state index contributed by atoms with van der Waals surface area (Å²) in [6.45, 7) is 6.81. The number of carbonyl (C=O) groups excluding carboxylic acids is 2. The maximum Gasteiger partial charge on any atom is 0.251 e. The van der Waals surface area contributed by atoms with Crippen molar-refractivity contribution in [3.8, 4) is 0 Å². The highest BCUT2D eigenvalue weighted by Crippen LogP contribution is 2.16. The second-order valence-corrected chi connectivity index (χ2v) is 5.79. The average molecular weight is 289 g/mol. The van der Waals surface area contributed by atoms with Crippen molar-refractivity contribution in [1.82, 2.24) is 16.0 Å². The number of hydrogen-bond acceptors (Lipinski definition) is 3. The first-order chi connectivity index (χ1) is 10.1. The Kier molecular flexibility index (Phi) is 5.33. The summed E-state index contributed by atoms with van der Waals surface area (Å²) < 4.78 is 0. The normalized spacial score (nSPS) is 13.1. The number of hydrogen-bond donors (Lipinski definition) is 3. The van der Waals surface area contributed by atoms with Crippen molar-refractivity contribution in [2.24, 2.45) is 5.92 Å². The molecule has 0 unspecified atom stereocenters. The Morgan fingerprint density at radius 3 is 2.71 bits per heavy atom. The molecule has 0 saturated heterocycles. The van der Waals surface area contributed by atoms with E-state index in [0.29, 0.717) is 31.0 Å². The van der Waals surface area contributed by atoms with E-state index < -0.39 is 0 Å². The van der Waals surface area contributed by atoms with E-state index in [1.54, 1.807) is 0 Å². The zero-order chi connectivity index (χ0) is 15.2. The second kappa shape index (κ2) is 7.22. The van der Waals surface area contributed by atoms with E-state index in [4.69, 9.17) is 0 Å². The fraction of sp³-hybridized carbons (Fsp3) is 0.500. The summed E-state index contributed by atoms with van der Waals surface area (Å²) in [4.78, 5) is 23.6. The lowest BCUT2D eigenvalue weighted by atomic mass is 10.1. The smallest absolute Gasteiger partial charge is 0.251 e. The molecule has 0 bridgehead atoms. The van der Waals surface area contributed by atoms with Crippen molar-refractivity contribution in [3.63, 3.8) is 0 Å². The van der Waals surface area contributed by atoms with Gasteiger partial charge in [0.2, 0.25) is 5.91 Å². The second-order valence-electron chi connectivity index (χ2n) is 5.79. The molecule has 0 fully saturated rings. The van der Waals surface area contributed by atoms with Crippen molar-refractivity contribution >= 4 is 11.8 Å². The van der Waals surface area contributed by atoms with Crippen LogP contribution < -0.4 is 16.0 Å². The van der Waals surface area contributed by atoms with Crippen molar-refractivity contribution in [2.75, 3.05) is 13.1 Å². The molecule has 21 heavy (non-hydrogen) atoms. The van der Waals surface area contributed by atoms with Crippen LogP contribution in [0, 0.1) is 5.92 Å². The fourth-order valence-electron chi connectivity index (χ4n) is 2.23. The third kappa shape index (κ3) is 4.56. The minimum atomic E-state index is -0.124. The van der Waals surface area contributed by atoms with Crippen LogP contribution in [0.25, 0.3) is 0 Å². The number of amides is 2. The number of nitrogens with one attached hydrogen (secondary N) is 3. The molecule has 5 nitrogen and oxygen atoms in total. The molecular weight excluding hydrogens is 266 g/mol. The molecule has 0 saturated carbocycles. The molecule has 3 N–H and O–H groups in total. The number of fused-ring (bicyclic) bond motifs is 1. The zero-order valence-electron chi connectivity index (χ0n) is 12.7. The van der Waals surface area contributed by atoms with E-state index in [2.05, 4.69) is 16.0 Å². The fourth-order valence-corrected chi connectivity index (χ4v) is 2.23. The Balaban J connectivity index is 1.76. The van der Waals surface area contributed by atoms with Gasteiger partial charge in [0.05, 0.1) is 0 Å². The SMILES string of the molecule is CC(C)CNC(=O)CCNC(=O)c1ccc2c(c1)CNC2. The maximum atomic E-state index is 12.0. The lowest BCUT2D eigenvalue weighted by Gasteiger charge is -2.09. The van der Waals surface area contributed by atoms with Gasteiger partial charge < -0.3 is 16.0 Å². The highest BCUT2D eigenvalue weighted by molar-refractivity contribution is 5.94. The predicted octanol–water partition coefficient (Wildman–Crippen LogP) is 1.18. The van der Waals surface area contributed by atoms with E-state index >= 15 is 0 Å². The molecule has 1 aliphatic rings. The van der Waals surface area contributed by atoms with Crippen molar-refractivity contribution < 1.29 is 9.59 Å². The molecule has 1 heterocycles. The van der Waals surface area contributed by atoms with E-state index in [-0.39, 0.29) is 11.8 Å². The minimum Gasteiger partial charge on any atom is -0.356 e. The molecule has 0 atom stereocenters. The largest absolute Gasteiger partial charge is 0.356 e. The van der Waals surface area contributed by atoms with Gasteiger partial charge in [0.1, 0.15) is 0 Å². The van der Waals surface area contributed by atoms with Crippen LogP contribution in [0.4, 0.5) is 0 Å². The van der Waals surface area contributed by atoms with Crippen molar-refractivity contribution in [2.45, 2.75) is 33.4 Å². The minimum absolute atomic E-state index is 0.0258. The Labute approximate surface area is 125 Å². The third-order valence-electron chi connectivity index (χ3n) is 3.44. The molecular formula is C16H23N3O2. The van der Waals surface area contributed by atoms with Crippen LogP contribution >= 0.6 is 0 Å². The Morgan fingerprint density at radius 2 is 1.95 bits per heavy atom. The molecule has 2 rings (SSSR count). The molecule has 0 aliphatic carbocycles. The quantitative estimate of drug-likeness (QED) is 0.736. The highest BCUT2D eigenvalue weighted by Gasteiger charge is 2.13. The molecule has 0 radical (unpaired) electrons. The standard InChI is InChI=1S/C16H23N3O2/c1-11(2)8-19-15(20)5-6-18-16(21)12-3-4-13-9-17-10-14(13)7-12/h3-4,7,11,17H,5-6,8-10H2,1-2H3,(H,18,21)(H,19,20). The van der Waals surface area contributed by atoms with Gasteiger partial charge in [-0.3, -0.25) is 9.59 Å². The zero-order valence-corrected chi connectivity index (χ0v) is 12.7. The Bertz CT molecular complexity index is 526. The third-order valence-corrected chi connectivity index (χ3v) is 3.44. The van der Waals surface area contributed by atoms with Gasteiger partial charge in [-0.15, -0.1) is 0 Å². The van der Waals surface area contributed by atoms with Crippen LogP contribution in [0.3, 0.4) is 0 Å². The van der Waals surface area contributed by atoms with Gasteiger partial charge >= 0.3 is 0 Å². The predicted molar refractivity (Wildman–Crippen MR) is 81.8 cm³/mol. The van der Waals surface area contributed by atoms with E-state index in [0.717, 1.165) is 13.1 Å². The highest BCUT2D eigenvalue weighted by atomic mass is 16.2. The number of rotatable bonds is 6. The lowest BCUT2D eigenvalue weighted by molar-refractivity contribution is -0.121. The maximum absolute atomic E-state index is 12.0. The number of carbonyl (C=O) groups is 2. The summed E-state index contributed by atoms with van der Waals surface area (Å²) in [5.41, 5.74) is 3.08. The topological polar surface area (TPSA) is 70.2 Å².